The summed E-state index contributed by atoms with van der Waals surface area (Å²) < 4.78 is 37.1. The van der Waals surface area contributed by atoms with Crippen molar-refractivity contribution >= 4 is 44.4 Å². The van der Waals surface area contributed by atoms with Gasteiger partial charge in [0.1, 0.15) is 5.75 Å². The number of sulfonamides is 1. The molecule has 0 atom stereocenters. The highest BCUT2D eigenvalue weighted by molar-refractivity contribution is 7.99. The molecule has 164 valence electrons. The summed E-state index contributed by atoms with van der Waals surface area (Å²) in [6.07, 6.45) is 0. The second-order valence-corrected chi connectivity index (χ2v) is 9.70. The first kappa shape index (κ1) is 21.6. The number of morpholine rings is 1. The first-order valence-corrected chi connectivity index (χ1v) is 12.0. The number of anilines is 1. The molecule has 1 aliphatic heterocycles. The van der Waals surface area contributed by atoms with Crippen LogP contribution >= 0.6 is 11.8 Å². The highest BCUT2D eigenvalue weighted by Crippen LogP contribution is 2.24. The number of nitrogens with zero attached hydrogens (tertiary/aromatic N) is 2. The Balaban J connectivity index is 1.34. The fourth-order valence-electron chi connectivity index (χ4n) is 3.14. The van der Waals surface area contributed by atoms with Crippen LogP contribution in [-0.4, -0.2) is 67.8 Å². The number of aromatic nitrogens is 2. The van der Waals surface area contributed by atoms with Crippen LogP contribution in [0.5, 0.6) is 5.75 Å². The number of thioether (sulfide) groups is 1. The maximum absolute atomic E-state index is 12.7. The number of rotatable bonds is 7. The summed E-state index contributed by atoms with van der Waals surface area (Å²) in [6.45, 7) is 1.47. The largest absolute Gasteiger partial charge is 0.497 e. The molecule has 2 heterocycles. The lowest BCUT2D eigenvalue weighted by atomic mass is 10.3. The number of amides is 1. The monoisotopic (exact) mass is 462 g/mol. The number of nitrogens with one attached hydrogen (secondary N) is 2. The van der Waals surface area contributed by atoms with Gasteiger partial charge in [0.05, 0.1) is 42.0 Å². The SMILES string of the molecule is COc1ccc2nc(SCC(=O)Nc3ccc(S(=O)(=O)N4CCOCC4)cc3)[nH]c2c1. The third kappa shape index (κ3) is 5.01. The molecule has 31 heavy (non-hydrogen) atoms. The maximum Gasteiger partial charge on any atom is 0.243 e. The van der Waals surface area contributed by atoms with Gasteiger partial charge in [0.25, 0.3) is 0 Å². The van der Waals surface area contributed by atoms with E-state index in [0.29, 0.717) is 37.1 Å². The molecule has 1 aromatic heterocycles. The van der Waals surface area contributed by atoms with Gasteiger partial charge in [-0.1, -0.05) is 11.8 Å². The number of benzene rings is 2. The molecule has 0 bridgehead atoms. The number of ether oxygens (including phenoxy) is 2. The molecule has 2 aromatic carbocycles. The van der Waals surface area contributed by atoms with E-state index in [9.17, 15) is 13.2 Å². The topological polar surface area (TPSA) is 114 Å². The molecule has 1 saturated heterocycles. The molecule has 1 aliphatic rings. The van der Waals surface area contributed by atoms with Crippen LogP contribution in [0, 0.1) is 0 Å². The summed E-state index contributed by atoms with van der Waals surface area (Å²) in [6, 6.07) is 11.7. The van der Waals surface area contributed by atoms with Crippen molar-refractivity contribution in [2.45, 2.75) is 10.1 Å². The average Bonchev–Trinajstić information content (AvgIpc) is 3.21. The van der Waals surface area contributed by atoms with E-state index >= 15 is 0 Å². The van der Waals surface area contributed by atoms with Crippen LogP contribution in [0.25, 0.3) is 11.0 Å². The average molecular weight is 463 g/mol. The Morgan fingerprint density at radius 3 is 2.68 bits per heavy atom. The van der Waals surface area contributed by atoms with Gasteiger partial charge in [0.2, 0.25) is 15.9 Å². The van der Waals surface area contributed by atoms with Crippen LogP contribution in [0.3, 0.4) is 0 Å². The standard InChI is InChI=1S/C20H22N4O5S2/c1-28-15-4-7-17-18(12-15)23-20(22-17)30-13-19(25)21-14-2-5-16(6-3-14)31(26,27)24-8-10-29-11-9-24/h2-7,12H,8-11,13H2,1H3,(H,21,25)(H,22,23). The molecule has 2 N–H and O–H groups in total. The Kier molecular flexibility index (Phi) is 6.46. The first-order valence-electron chi connectivity index (χ1n) is 9.60. The number of fused-ring (bicyclic) bond motifs is 1. The summed E-state index contributed by atoms with van der Waals surface area (Å²) in [5, 5.41) is 3.40. The van der Waals surface area contributed by atoms with Crippen molar-refractivity contribution in [3.05, 3.63) is 42.5 Å². The maximum atomic E-state index is 12.7. The van der Waals surface area contributed by atoms with Gasteiger partial charge in [-0.25, -0.2) is 13.4 Å². The predicted octanol–water partition coefficient (Wildman–Crippen LogP) is 2.32. The zero-order valence-electron chi connectivity index (χ0n) is 16.8. The van der Waals surface area contributed by atoms with Gasteiger partial charge in [-0.2, -0.15) is 4.31 Å². The number of methoxy groups -OCH3 is 1. The minimum atomic E-state index is -3.56. The normalized spacial score (nSPS) is 15.1. The Morgan fingerprint density at radius 2 is 1.97 bits per heavy atom. The summed E-state index contributed by atoms with van der Waals surface area (Å²) in [4.78, 5) is 20.1. The highest BCUT2D eigenvalue weighted by atomic mass is 32.2. The van der Waals surface area contributed by atoms with Crippen LogP contribution in [0.2, 0.25) is 0 Å². The Bertz CT molecular complexity index is 1170. The van der Waals surface area contributed by atoms with Crippen LogP contribution in [0.15, 0.2) is 52.5 Å². The van der Waals surface area contributed by atoms with Crippen LogP contribution in [0.4, 0.5) is 5.69 Å². The zero-order chi connectivity index (χ0) is 21.8. The van der Waals surface area contributed by atoms with E-state index in [0.717, 1.165) is 16.8 Å². The Hall–Kier alpha value is -2.60. The van der Waals surface area contributed by atoms with E-state index in [2.05, 4.69) is 15.3 Å². The smallest absolute Gasteiger partial charge is 0.243 e. The molecule has 0 aliphatic carbocycles. The van der Waals surface area contributed by atoms with Crippen molar-refractivity contribution in [3.63, 3.8) is 0 Å². The number of hydrogen-bond acceptors (Lipinski definition) is 7. The third-order valence-corrected chi connectivity index (χ3v) is 7.54. The molecule has 1 fully saturated rings. The predicted molar refractivity (Wildman–Crippen MR) is 118 cm³/mol. The van der Waals surface area contributed by atoms with Crippen LogP contribution < -0.4 is 10.1 Å². The van der Waals surface area contributed by atoms with Crippen molar-refractivity contribution in [1.29, 1.82) is 0 Å². The summed E-state index contributed by atoms with van der Waals surface area (Å²) in [5.74, 6) is 0.668. The molecule has 0 unspecified atom stereocenters. The van der Waals surface area contributed by atoms with Gasteiger partial charge in [-0.3, -0.25) is 4.79 Å². The van der Waals surface area contributed by atoms with E-state index < -0.39 is 10.0 Å². The summed E-state index contributed by atoms with van der Waals surface area (Å²) >= 11 is 1.28. The number of H-pyrrole nitrogens is 1. The second-order valence-electron chi connectivity index (χ2n) is 6.80. The fourth-order valence-corrected chi connectivity index (χ4v) is 5.23. The molecule has 0 radical (unpaired) electrons. The zero-order valence-corrected chi connectivity index (χ0v) is 18.5. The molecular formula is C20H22N4O5S2. The van der Waals surface area contributed by atoms with Crippen LogP contribution in [-0.2, 0) is 19.6 Å². The minimum Gasteiger partial charge on any atom is -0.497 e. The minimum absolute atomic E-state index is 0.158. The van der Waals surface area contributed by atoms with Crippen LogP contribution in [0.1, 0.15) is 0 Å². The Labute approximate surface area is 184 Å². The van der Waals surface area contributed by atoms with Gasteiger partial charge < -0.3 is 19.8 Å². The summed E-state index contributed by atoms with van der Waals surface area (Å²) in [5.41, 5.74) is 2.15. The number of carbonyl (C=O) groups is 1. The van der Waals surface area contributed by atoms with Crippen molar-refractivity contribution in [3.8, 4) is 5.75 Å². The molecule has 3 aromatic rings. The van der Waals surface area contributed by atoms with Crippen molar-refractivity contribution < 1.29 is 22.7 Å². The molecule has 11 heteroatoms. The lowest BCUT2D eigenvalue weighted by Crippen LogP contribution is -2.40. The quantitative estimate of drug-likeness (QED) is 0.518. The third-order valence-electron chi connectivity index (χ3n) is 4.75. The van der Waals surface area contributed by atoms with Crippen molar-refractivity contribution in [2.75, 3.05) is 44.5 Å². The first-order chi connectivity index (χ1) is 15.0. The molecule has 9 nitrogen and oxygen atoms in total. The summed E-state index contributed by atoms with van der Waals surface area (Å²) in [7, 11) is -1.96. The van der Waals surface area contributed by atoms with Gasteiger partial charge >= 0.3 is 0 Å². The Morgan fingerprint density at radius 1 is 1.23 bits per heavy atom. The number of carbonyl (C=O) groups excluding carboxylic acids is 1. The molecule has 0 saturated carbocycles. The van der Waals surface area contributed by atoms with Gasteiger partial charge in [0.15, 0.2) is 5.16 Å². The van der Waals surface area contributed by atoms with E-state index in [1.165, 1.54) is 28.2 Å². The number of hydrogen-bond donors (Lipinski definition) is 2. The lowest BCUT2D eigenvalue weighted by Gasteiger charge is -2.26. The van der Waals surface area contributed by atoms with Gasteiger partial charge in [0, 0.05) is 24.8 Å². The second kappa shape index (κ2) is 9.27. The lowest BCUT2D eigenvalue weighted by molar-refractivity contribution is -0.113. The molecule has 0 spiro atoms. The van der Waals surface area contributed by atoms with E-state index in [1.54, 1.807) is 19.2 Å². The molecular weight excluding hydrogens is 440 g/mol. The van der Waals surface area contributed by atoms with Gasteiger partial charge in [-0.05, 0) is 36.4 Å². The number of aromatic amines is 1. The van der Waals surface area contributed by atoms with E-state index in [-0.39, 0.29) is 16.6 Å². The van der Waals surface area contributed by atoms with E-state index in [4.69, 9.17) is 9.47 Å². The van der Waals surface area contributed by atoms with Crippen molar-refractivity contribution in [2.24, 2.45) is 0 Å². The molecule has 1 amide bonds. The highest BCUT2D eigenvalue weighted by Gasteiger charge is 2.26. The molecule has 4 rings (SSSR count). The van der Waals surface area contributed by atoms with Gasteiger partial charge in [-0.15, -0.1) is 0 Å². The van der Waals surface area contributed by atoms with E-state index in [1.807, 2.05) is 18.2 Å². The van der Waals surface area contributed by atoms with Crippen molar-refractivity contribution in [1.82, 2.24) is 14.3 Å². The number of imidazole rings is 1. The fraction of sp³-hybridized carbons (Fsp3) is 0.300.